The fourth-order valence-electron chi connectivity index (χ4n) is 1.43. The maximum atomic E-state index is 11.3. The molecule has 0 bridgehead atoms. The Morgan fingerprint density at radius 2 is 2.21 bits per heavy atom. The lowest BCUT2D eigenvalue weighted by Crippen LogP contribution is -1.95. The van der Waals surface area contributed by atoms with Crippen molar-refractivity contribution in [1.82, 2.24) is 4.98 Å². The van der Waals surface area contributed by atoms with Gasteiger partial charge < -0.3 is 10.2 Å². The van der Waals surface area contributed by atoms with Gasteiger partial charge in [0.05, 0.1) is 5.56 Å². The summed E-state index contributed by atoms with van der Waals surface area (Å²) in [5.41, 5.74) is 7.80. The fraction of sp³-hybridized carbons (Fsp3) is 0.200. The van der Waals surface area contributed by atoms with Crippen LogP contribution in [-0.2, 0) is 0 Å². The van der Waals surface area contributed by atoms with E-state index in [0.717, 1.165) is 0 Å². The van der Waals surface area contributed by atoms with Gasteiger partial charge in [0.2, 0.25) is 0 Å². The van der Waals surface area contributed by atoms with Crippen molar-refractivity contribution in [3.05, 3.63) is 23.6 Å². The van der Waals surface area contributed by atoms with E-state index in [0.29, 0.717) is 28.2 Å². The Bertz CT molecular complexity index is 514. The van der Waals surface area contributed by atoms with Gasteiger partial charge in [0.25, 0.3) is 0 Å². The summed E-state index contributed by atoms with van der Waals surface area (Å²) < 4.78 is 5.33. The van der Waals surface area contributed by atoms with Gasteiger partial charge in [0.15, 0.2) is 17.3 Å². The third-order valence-corrected chi connectivity index (χ3v) is 2.00. The lowest BCUT2D eigenvalue weighted by atomic mass is 10.1. The van der Waals surface area contributed by atoms with E-state index in [4.69, 9.17) is 10.2 Å². The van der Waals surface area contributed by atoms with Crippen molar-refractivity contribution in [2.75, 3.05) is 5.73 Å². The van der Waals surface area contributed by atoms with Crippen molar-refractivity contribution in [2.24, 2.45) is 0 Å². The molecule has 4 nitrogen and oxygen atoms in total. The van der Waals surface area contributed by atoms with E-state index in [-0.39, 0.29) is 5.78 Å². The van der Waals surface area contributed by atoms with Crippen LogP contribution in [0.2, 0.25) is 0 Å². The van der Waals surface area contributed by atoms with Crippen molar-refractivity contribution < 1.29 is 9.21 Å². The fourth-order valence-corrected chi connectivity index (χ4v) is 1.43. The highest BCUT2D eigenvalue weighted by molar-refractivity contribution is 6.05. The lowest BCUT2D eigenvalue weighted by molar-refractivity contribution is 0.101. The number of aromatic nitrogens is 1. The second-order valence-electron chi connectivity index (χ2n) is 3.21. The summed E-state index contributed by atoms with van der Waals surface area (Å²) in [6.07, 6.45) is 0. The summed E-state index contributed by atoms with van der Waals surface area (Å²) in [7, 11) is 0. The summed E-state index contributed by atoms with van der Waals surface area (Å²) in [4.78, 5) is 15.4. The zero-order valence-corrected chi connectivity index (χ0v) is 8.00. The Kier molecular flexibility index (Phi) is 1.77. The number of Topliss-reactive ketones (excluding diaryl/α,β-unsaturated/α-hetero) is 1. The molecule has 0 unspecified atom stereocenters. The highest BCUT2D eigenvalue weighted by atomic mass is 16.3. The minimum absolute atomic E-state index is 0.0709. The molecule has 1 aromatic heterocycles. The molecular formula is C10H10N2O2. The number of oxazole rings is 1. The summed E-state index contributed by atoms with van der Waals surface area (Å²) >= 11 is 0. The topological polar surface area (TPSA) is 69.1 Å². The van der Waals surface area contributed by atoms with Crippen molar-refractivity contribution in [2.45, 2.75) is 13.8 Å². The van der Waals surface area contributed by atoms with Crippen LogP contribution >= 0.6 is 0 Å². The zero-order chi connectivity index (χ0) is 10.3. The van der Waals surface area contributed by atoms with Crippen LogP contribution in [0.15, 0.2) is 16.5 Å². The molecule has 1 heterocycles. The number of hydrogen-bond acceptors (Lipinski definition) is 4. The monoisotopic (exact) mass is 190 g/mol. The number of fused-ring (bicyclic) bond motifs is 1. The Morgan fingerprint density at radius 3 is 2.86 bits per heavy atom. The number of hydrogen-bond donors (Lipinski definition) is 1. The molecule has 0 saturated heterocycles. The van der Waals surface area contributed by atoms with Gasteiger partial charge in [-0.1, -0.05) is 0 Å². The molecule has 14 heavy (non-hydrogen) atoms. The summed E-state index contributed by atoms with van der Waals surface area (Å²) in [6.45, 7) is 3.21. The van der Waals surface area contributed by atoms with Crippen LogP contribution in [0.3, 0.4) is 0 Å². The summed E-state index contributed by atoms with van der Waals surface area (Å²) in [5.74, 6) is 0.464. The zero-order valence-electron chi connectivity index (χ0n) is 8.00. The third kappa shape index (κ3) is 1.25. The molecule has 0 fully saturated rings. The first-order valence-electron chi connectivity index (χ1n) is 4.25. The number of nitrogen functional groups attached to an aromatic ring is 1. The standard InChI is InChI=1S/C10H10N2O2/c1-5(13)8-3-7(11)4-9-10(8)14-6(2)12-9/h3-4H,11H2,1-2H3. The lowest BCUT2D eigenvalue weighted by Gasteiger charge is -1.97. The van der Waals surface area contributed by atoms with Gasteiger partial charge in [0.1, 0.15) is 5.52 Å². The van der Waals surface area contributed by atoms with Gasteiger partial charge in [-0.15, -0.1) is 0 Å². The van der Waals surface area contributed by atoms with Gasteiger partial charge in [-0.05, 0) is 19.1 Å². The molecule has 2 N–H and O–H groups in total. The first kappa shape index (κ1) is 8.74. The molecule has 4 heteroatoms. The SMILES string of the molecule is CC(=O)c1cc(N)cc2nc(C)oc12. The highest BCUT2D eigenvalue weighted by Crippen LogP contribution is 2.23. The van der Waals surface area contributed by atoms with Gasteiger partial charge in [-0.3, -0.25) is 4.79 Å². The number of carbonyl (C=O) groups excluding carboxylic acids is 1. The molecule has 0 amide bonds. The number of aryl methyl sites for hydroxylation is 1. The molecule has 0 saturated carbocycles. The van der Waals surface area contributed by atoms with E-state index in [1.807, 2.05) is 0 Å². The van der Waals surface area contributed by atoms with Gasteiger partial charge in [0, 0.05) is 12.6 Å². The normalized spacial score (nSPS) is 10.7. The molecular weight excluding hydrogens is 180 g/mol. The van der Waals surface area contributed by atoms with Crippen LogP contribution in [-0.4, -0.2) is 10.8 Å². The van der Waals surface area contributed by atoms with Gasteiger partial charge >= 0.3 is 0 Å². The molecule has 1 aromatic carbocycles. The van der Waals surface area contributed by atoms with E-state index < -0.39 is 0 Å². The maximum absolute atomic E-state index is 11.3. The first-order chi connectivity index (χ1) is 6.58. The maximum Gasteiger partial charge on any atom is 0.192 e. The Morgan fingerprint density at radius 1 is 1.50 bits per heavy atom. The average Bonchev–Trinajstić information content (AvgIpc) is 2.42. The number of rotatable bonds is 1. The number of carbonyl (C=O) groups is 1. The Labute approximate surface area is 80.7 Å². The van der Waals surface area contributed by atoms with Crippen LogP contribution in [0.25, 0.3) is 11.1 Å². The Balaban J connectivity index is 2.85. The molecule has 72 valence electrons. The van der Waals surface area contributed by atoms with Crippen LogP contribution in [0.1, 0.15) is 23.2 Å². The highest BCUT2D eigenvalue weighted by Gasteiger charge is 2.12. The molecule has 0 aliphatic heterocycles. The van der Waals surface area contributed by atoms with Crippen LogP contribution in [0, 0.1) is 6.92 Å². The molecule has 0 atom stereocenters. The van der Waals surface area contributed by atoms with Crippen molar-refractivity contribution in [3.63, 3.8) is 0 Å². The smallest absolute Gasteiger partial charge is 0.192 e. The van der Waals surface area contributed by atoms with Crippen molar-refractivity contribution >= 4 is 22.6 Å². The largest absolute Gasteiger partial charge is 0.440 e. The van der Waals surface area contributed by atoms with E-state index in [1.54, 1.807) is 19.1 Å². The molecule has 2 aromatic rings. The molecule has 0 aliphatic rings. The summed E-state index contributed by atoms with van der Waals surface area (Å²) in [5, 5.41) is 0. The van der Waals surface area contributed by atoms with Crippen LogP contribution in [0.5, 0.6) is 0 Å². The quantitative estimate of drug-likeness (QED) is 0.551. The Hall–Kier alpha value is -1.84. The van der Waals surface area contributed by atoms with E-state index >= 15 is 0 Å². The van der Waals surface area contributed by atoms with Crippen LogP contribution in [0.4, 0.5) is 5.69 Å². The second-order valence-corrected chi connectivity index (χ2v) is 3.21. The predicted molar refractivity (Wildman–Crippen MR) is 53.2 cm³/mol. The molecule has 2 rings (SSSR count). The third-order valence-electron chi connectivity index (χ3n) is 2.00. The van der Waals surface area contributed by atoms with E-state index in [2.05, 4.69) is 4.98 Å². The number of ketones is 1. The molecule has 0 aliphatic carbocycles. The number of anilines is 1. The predicted octanol–water partition coefficient (Wildman–Crippen LogP) is 1.92. The molecule has 0 radical (unpaired) electrons. The minimum atomic E-state index is -0.0709. The number of nitrogens with two attached hydrogens (primary N) is 1. The van der Waals surface area contributed by atoms with E-state index in [1.165, 1.54) is 6.92 Å². The number of nitrogens with zero attached hydrogens (tertiary/aromatic N) is 1. The van der Waals surface area contributed by atoms with Crippen LogP contribution < -0.4 is 5.73 Å². The minimum Gasteiger partial charge on any atom is -0.440 e. The van der Waals surface area contributed by atoms with Gasteiger partial charge in [-0.2, -0.15) is 0 Å². The summed E-state index contributed by atoms with van der Waals surface area (Å²) in [6, 6.07) is 3.30. The van der Waals surface area contributed by atoms with Gasteiger partial charge in [-0.25, -0.2) is 4.98 Å². The molecule has 0 spiro atoms. The first-order valence-corrected chi connectivity index (χ1v) is 4.25. The van der Waals surface area contributed by atoms with Crippen molar-refractivity contribution in [1.29, 1.82) is 0 Å². The second kappa shape index (κ2) is 2.83. The average molecular weight is 190 g/mol. The number of benzene rings is 1. The van der Waals surface area contributed by atoms with Crippen molar-refractivity contribution in [3.8, 4) is 0 Å². The van der Waals surface area contributed by atoms with E-state index in [9.17, 15) is 4.79 Å².